The van der Waals surface area contributed by atoms with Crippen molar-refractivity contribution in [1.29, 1.82) is 0 Å². The van der Waals surface area contributed by atoms with Crippen LogP contribution in [0.2, 0.25) is 0 Å². The third kappa shape index (κ3) is 11.6. The zero-order valence-corrected chi connectivity index (χ0v) is 26.1. The number of carbonyl (C=O) groups excluding carboxylic acids is 1. The summed E-state index contributed by atoms with van der Waals surface area (Å²) in [6.45, 7) is 10.8. The molecular weight excluding hydrogens is 549 g/mol. The van der Waals surface area contributed by atoms with E-state index in [-0.39, 0.29) is 5.82 Å². The number of nitrogens with zero attached hydrogens (tertiary/aromatic N) is 3. The number of methoxy groups -OCH3 is 1. The van der Waals surface area contributed by atoms with Gasteiger partial charge >= 0.3 is 6.09 Å². The van der Waals surface area contributed by atoms with Crippen LogP contribution in [0.4, 0.5) is 14.9 Å². The van der Waals surface area contributed by atoms with Crippen LogP contribution < -0.4 is 19.7 Å². The van der Waals surface area contributed by atoms with Crippen LogP contribution in [-0.4, -0.2) is 95.3 Å². The molecule has 3 rings (SSSR count). The van der Waals surface area contributed by atoms with Gasteiger partial charge in [0.25, 0.3) is 10.2 Å². The Hall–Kier alpha value is -2.15. The smallest absolute Gasteiger partial charge is 0.407 e. The molecule has 1 saturated heterocycles. The van der Waals surface area contributed by atoms with Gasteiger partial charge in [-0.15, -0.1) is 0 Å². The summed E-state index contributed by atoms with van der Waals surface area (Å²) >= 11 is 0. The predicted molar refractivity (Wildman–Crippen MR) is 160 cm³/mol. The first-order valence-corrected chi connectivity index (χ1v) is 16.4. The lowest BCUT2D eigenvalue weighted by Gasteiger charge is -2.36. The van der Waals surface area contributed by atoms with Gasteiger partial charge in [-0.05, 0) is 77.6 Å². The molecule has 41 heavy (non-hydrogen) atoms. The van der Waals surface area contributed by atoms with Gasteiger partial charge < -0.3 is 24.6 Å². The average Bonchev–Trinajstić information content (AvgIpc) is 2.93. The molecule has 1 aromatic carbocycles. The summed E-state index contributed by atoms with van der Waals surface area (Å²) < 4.78 is 54.4. The highest BCUT2D eigenvalue weighted by Crippen LogP contribution is 2.30. The SMILES string of the molecule is COc1cc(F)ccc1N1CCN(S(=O)(=O)NCCCN(CCCNC(=O)OC(C)(C)C)CC2CCCCC2)CC1. The average molecular weight is 600 g/mol. The number of rotatable bonds is 14. The summed E-state index contributed by atoms with van der Waals surface area (Å²) in [6, 6.07) is 4.40. The molecule has 2 aliphatic rings. The number of benzene rings is 1. The molecule has 1 amide bonds. The molecule has 1 saturated carbocycles. The highest BCUT2D eigenvalue weighted by molar-refractivity contribution is 7.87. The lowest BCUT2D eigenvalue weighted by molar-refractivity contribution is 0.0525. The highest BCUT2D eigenvalue weighted by Gasteiger charge is 2.28. The molecule has 0 radical (unpaired) electrons. The van der Waals surface area contributed by atoms with Crippen molar-refractivity contribution in [2.75, 3.05) is 70.9 Å². The lowest BCUT2D eigenvalue weighted by atomic mass is 9.89. The maximum absolute atomic E-state index is 13.6. The minimum Gasteiger partial charge on any atom is -0.494 e. The van der Waals surface area contributed by atoms with Crippen LogP contribution in [0.5, 0.6) is 5.75 Å². The first kappa shape index (κ1) is 33.4. The fourth-order valence-corrected chi connectivity index (χ4v) is 6.74. The van der Waals surface area contributed by atoms with E-state index in [4.69, 9.17) is 9.47 Å². The fraction of sp³-hybridized carbons (Fsp3) is 0.759. The summed E-state index contributed by atoms with van der Waals surface area (Å²) in [5.74, 6) is 0.749. The molecule has 12 heteroatoms. The molecule has 1 aliphatic carbocycles. The second-order valence-corrected chi connectivity index (χ2v) is 13.8. The number of hydrogen-bond acceptors (Lipinski definition) is 7. The largest absolute Gasteiger partial charge is 0.494 e. The molecule has 0 unspecified atom stereocenters. The van der Waals surface area contributed by atoms with Crippen molar-refractivity contribution in [2.24, 2.45) is 5.92 Å². The van der Waals surface area contributed by atoms with Crippen molar-refractivity contribution in [1.82, 2.24) is 19.2 Å². The molecule has 1 heterocycles. The Labute approximate surface area is 246 Å². The van der Waals surface area contributed by atoms with Gasteiger partial charge in [0.1, 0.15) is 17.2 Å². The molecule has 0 aromatic heterocycles. The van der Waals surface area contributed by atoms with Crippen molar-refractivity contribution in [3.05, 3.63) is 24.0 Å². The van der Waals surface area contributed by atoms with Gasteiger partial charge in [-0.1, -0.05) is 19.3 Å². The van der Waals surface area contributed by atoms with Crippen LogP contribution in [0.1, 0.15) is 65.7 Å². The van der Waals surface area contributed by atoms with E-state index in [0.29, 0.717) is 57.4 Å². The number of amides is 1. The van der Waals surface area contributed by atoms with Gasteiger partial charge in [0.2, 0.25) is 0 Å². The Balaban J connectivity index is 1.42. The third-order valence-electron chi connectivity index (χ3n) is 7.56. The Morgan fingerprint density at radius 3 is 2.34 bits per heavy atom. The van der Waals surface area contributed by atoms with E-state index in [1.54, 1.807) is 6.07 Å². The minimum atomic E-state index is -3.60. The van der Waals surface area contributed by atoms with Crippen LogP contribution in [-0.2, 0) is 14.9 Å². The van der Waals surface area contributed by atoms with Crippen molar-refractivity contribution in [2.45, 2.75) is 71.3 Å². The summed E-state index contributed by atoms with van der Waals surface area (Å²) in [5, 5.41) is 2.83. The number of hydrogen-bond donors (Lipinski definition) is 2. The zero-order valence-electron chi connectivity index (χ0n) is 25.3. The Morgan fingerprint density at radius 2 is 1.71 bits per heavy atom. The summed E-state index contributed by atoms with van der Waals surface area (Å²) in [6.07, 6.45) is 7.47. The second kappa shape index (κ2) is 15.9. The number of ether oxygens (including phenoxy) is 2. The Bertz CT molecular complexity index is 1050. The number of halogens is 1. The minimum absolute atomic E-state index is 0.342. The van der Waals surface area contributed by atoms with Gasteiger partial charge in [0, 0.05) is 51.9 Å². The van der Waals surface area contributed by atoms with E-state index >= 15 is 0 Å². The second-order valence-electron chi connectivity index (χ2n) is 12.0. The summed E-state index contributed by atoms with van der Waals surface area (Å²) in [7, 11) is -2.10. The number of piperazine rings is 1. The van der Waals surface area contributed by atoms with Crippen LogP contribution in [0, 0.1) is 11.7 Å². The van der Waals surface area contributed by atoms with E-state index in [1.807, 2.05) is 25.7 Å². The van der Waals surface area contributed by atoms with Crippen molar-refractivity contribution >= 4 is 22.0 Å². The van der Waals surface area contributed by atoms with E-state index in [0.717, 1.165) is 31.7 Å². The van der Waals surface area contributed by atoms with Crippen LogP contribution in [0.25, 0.3) is 0 Å². The molecule has 0 spiro atoms. The molecule has 1 aromatic rings. The normalized spacial score (nSPS) is 17.6. The number of anilines is 1. The molecule has 234 valence electrons. The van der Waals surface area contributed by atoms with E-state index in [1.165, 1.54) is 55.7 Å². The summed E-state index contributed by atoms with van der Waals surface area (Å²) in [4.78, 5) is 16.4. The van der Waals surface area contributed by atoms with Gasteiger partial charge in [-0.25, -0.2) is 13.9 Å². The molecule has 2 fully saturated rings. The first-order chi connectivity index (χ1) is 19.5. The summed E-state index contributed by atoms with van der Waals surface area (Å²) in [5.41, 5.74) is 0.243. The maximum atomic E-state index is 13.6. The van der Waals surface area contributed by atoms with E-state index < -0.39 is 21.9 Å². The van der Waals surface area contributed by atoms with Crippen molar-refractivity contribution in [3.63, 3.8) is 0 Å². The number of nitrogens with one attached hydrogen (secondary N) is 2. The topological polar surface area (TPSA) is 103 Å². The molecule has 1 aliphatic heterocycles. The lowest BCUT2D eigenvalue weighted by Crippen LogP contribution is -2.52. The van der Waals surface area contributed by atoms with Crippen LogP contribution in [0.3, 0.4) is 0 Å². The van der Waals surface area contributed by atoms with Gasteiger partial charge in [-0.3, -0.25) is 0 Å². The predicted octanol–water partition coefficient (Wildman–Crippen LogP) is 3.98. The molecular formula is C29H50FN5O5S. The fourth-order valence-electron chi connectivity index (χ4n) is 5.51. The maximum Gasteiger partial charge on any atom is 0.407 e. The number of carbonyl (C=O) groups is 1. The van der Waals surface area contributed by atoms with E-state index in [2.05, 4.69) is 14.9 Å². The van der Waals surface area contributed by atoms with E-state index in [9.17, 15) is 17.6 Å². The third-order valence-corrected chi connectivity index (χ3v) is 9.17. The standard InChI is InChI=1S/C29H50FN5O5S/c1-29(2,3)40-28(36)31-14-8-16-33(23-24-10-6-5-7-11-24)17-9-15-32-41(37,38)35-20-18-34(19-21-35)26-13-12-25(30)22-27(26)39-4/h12-13,22,24,32H,5-11,14-21,23H2,1-4H3,(H,31,36). The van der Waals surface area contributed by atoms with Crippen LogP contribution >= 0.6 is 0 Å². The molecule has 0 bridgehead atoms. The Morgan fingerprint density at radius 1 is 1.05 bits per heavy atom. The first-order valence-electron chi connectivity index (χ1n) is 15.0. The van der Waals surface area contributed by atoms with Crippen molar-refractivity contribution < 1.29 is 27.1 Å². The highest BCUT2D eigenvalue weighted by atomic mass is 32.2. The van der Waals surface area contributed by atoms with Gasteiger partial charge in [0.15, 0.2) is 0 Å². The van der Waals surface area contributed by atoms with Gasteiger partial charge in [-0.2, -0.15) is 12.7 Å². The quantitative estimate of drug-likeness (QED) is 0.312. The number of alkyl carbamates (subject to hydrolysis) is 1. The monoisotopic (exact) mass is 599 g/mol. The molecule has 2 N–H and O–H groups in total. The molecule has 0 atom stereocenters. The Kier molecular flexibility index (Phi) is 12.9. The van der Waals surface area contributed by atoms with Crippen molar-refractivity contribution in [3.8, 4) is 5.75 Å². The molecule has 10 nitrogen and oxygen atoms in total. The zero-order chi connectivity index (χ0) is 29.9. The van der Waals surface area contributed by atoms with Crippen LogP contribution in [0.15, 0.2) is 18.2 Å². The van der Waals surface area contributed by atoms with Gasteiger partial charge in [0.05, 0.1) is 12.8 Å².